The maximum Gasteiger partial charge on any atom is 0.251 e. The summed E-state index contributed by atoms with van der Waals surface area (Å²) in [7, 11) is 0. The van der Waals surface area contributed by atoms with Crippen LogP contribution in [-0.2, 0) is 9.59 Å². The summed E-state index contributed by atoms with van der Waals surface area (Å²) >= 11 is 0. The molecule has 1 fully saturated rings. The molecule has 1 aromatic rings. The van der Waals surface area contributed by atoms with E-state index in [9.17, 15) is 14.4 Å². The van der Waals surface area contributed by atoms with Crippen LogP contribution in [-0.4, -0.2) is 35.6 Å². The Morgan fingerprint density at radius 1 is 1.05 bits per heavy atom. The highest BCUT2D eigenvalue weighted by Crippen LogP contribution is 2.12. The fourth-order valence-corrected chi connectivity index (χ4v) is 2.30. The minimum atomic E-state index is -0.317. The lowest BCUT2D eigenvalue weighted by Crippen LogP contribution is -2.26. The van der Waals surface area contributed by atoms with E-state index in [1.807, 2.05) is 0 Å². The highest BCUT2D eigenvalue weighted by Gasteiger charge is 2.17. The van der Waals surface area contributed by atoms with Gasteiger partial charge in [0, 0.05) is 36.0 Å². The summed E-state index contributed by atoms with van der Waals surface area (Å²) in [5.74, 6) is -0.453. The van der Waals surface area contributed by atoms with Crippen LogP contribution < -0.4 is 5.32 Å². The smallest absolute Gasteiger partial charge is 0.251 e. The van der Waals surface area contributed by atoms with Gasteiger partial charge in [-0.15, -0.1) is 0 Å². The molecule has 0 saturated carbocycles. The average Bonchev–Trinajstić information content (AvgIpc) is 3.02. The van der Waals surface area contributed by atoms with Crippen molar-refractivity contribution in [3.05, 3.63) is 41.5 Å². The number of carbonyl (C=O) groups is 3. The van der Waals surface area contributed by atoms with Crippen molar-refractivity contribution in [1.82, 2.24) is 4.90 Å². The Labute approximate surface area is 130 Å². The van der Waals surface area contributed by atoms with Gasteiger partial charge in [-0.25, -0.2) is 0 Å². The van der Waals surface area contributed by atoms with Crippen molar-refractivity contribution in [2.75, 3.05) is 18.4 Å². The number of Topliss-reactive ketones (excluding diaryl/α,β-unsaturated/α-hetero) is 1. The number of anilines is 1. The minimum absolute atomic E-state index is 0.0230. The number of carbonyl (C=O) groups excluding carboxylic acids is 3. The number of ketones is 1. The SMILES string of the molecule is CC(=O)c1ccc(NC(=O)/C(C)=C\C(=O)N2CCCC2)cc1. The van der Waals surface area contributed by atoms with Crippen LogP contribution in [0.1, 0.15) is 37.0 Å². The van der Waals surface area contributed by atoms with E-state index >= 15 is 0 Å². The number of nitrogens with one attached hydrogen (secondary N) is 1. The molecule has 0 aromatic heterocycles. The molecule has 1 aromatic carbocycles. The number of nitrogens with zero attached hydrogens (tertiary/aromatic N) is 1. The first kappa shape index (κ1) is 15.9. The van der Waals surface area contributed by atoms with Crippen LogP contribution in [0.15, 0.2) is 35.9 Å². The Morgan fingerprint density at radius 3 is 2.18 bits per heavy atom. The molecule has 0 aliphatic carbocycles. The number of hydrogen-bond acceptors (Lipinski definition) is 3. The fourth-order valence-electron chi connectivity index (χ4n) is 2.30. The van der Waals surface area contributed by atoms with Gasteiger partial charge < -0.3 is 10.2 Å². The molecular weight excluding hydrogens is 280 g/mol. The second-order valence-corrected chi connectivity index (χ2v) is 5.45. The summed E-state index contributed by atoms with van der Waals surface area (Å²) in [4.78, 5) is 37.0. The van der Waals surface area contributed by atoms with Crippen LogP contribution in [0.2, 0.25) is 0 Å². The largest absolute Gasteiger partial charge is 0.339 e. The maximum atomic E-state index is 12.1. The Hall–Kier alpha value is -2.43. The lowest BCUT2D eigenvalue weighted by Gasteiger charge is -2.13. The van der Waals surface area contributed by atoms with Crippen LogP contribution in [0.3, 0.4) is 0 Å². The minimum Gasteiger partial charge on any atom is -0.339 e. The topological polar surface area (TPSA) is 66.5 Å². The summed E-state index contributed by atoms with van der Waals surface area (Å²) in [6, 6.07) is 6.66. The first-order valence-electron chi connectivity index (χ1n) is 7.37. The molecule has 1 aliphatic rings. The summed E-state index contributed by atoms with van der Waals surface area (Å²) in [6.07, 6.45) is 3.42. The molecule has 22 heavy (non-hydrogen) atoms. The lowest BCUT2D eigenvalue weighted by atomic mass is 10.1. The zero-order chi connectivity index (χ0) is 16.1. The van der Waals surface area contributed by atoms with Crippen molar-refractivity contribution < 1.29 is 14.4 Å². The van der Waals surface area contributed by atoms with Crippen LogP contribution in [0.4, 0.5) is 5.69 Å². The summed E-state index contributed by atoms with van der Waals surface area (Å²) in [5.41, 5.74) is 1.55. The van der Waals surface area contributed by atoms with Crippen LogP contribution in [0.5, 0.6) is 0 Å². The Balaban J connectivity index is 1.98. The zero-order valence-corrected chi connectivity index (χ0v) is 12.9. The van der Waals surface area contributed by atoms with Crippen molar-refractivity contribution in [3.63, 3.8) is 0 Å². The van der Waals surface area contributed by atoms with Crippen LogP contribution >= 0.6 is 0 Å². The van der Waals surface area contributed by atoms with Gasteiger partial charge in [0.1, 0.15) is 0 Å². The van der Waals surface area contributed by atoms with Gasteiger partial charge in [-0.3, -0.25) is 14.4 Å². The molecule has 1 saturated heterocycles. The molecule has 116 valence electrons. The number of amides is 2. The number of benzene rings is 1. The Morgan fingerprint density at radius 2 is 1.64 bits per heavy atom. The molecule has 1 aliphatic heterocycles. The van der Waals surface area contributed by atoms with Gasteiger partial charge in [-0.2, -0.15) is 0 Å². The van der Waals surface area contributed by atoms with Gasteiger partial charge in [0.25, 0.3) is 5.91 Å². The molecular formula is C17H20N2O3. The lowest BCUT2D eigenvalue weighted by molar-refractivity contribution is -0.125. The number of likely N-dealkylation sites (tertiary alicyclic amines) is 1. The third kappa shape index (κ3) is 4.04. The second kappa shape index (κ2) is 7.02. The van der Waals surface area contributed by atoms with E-state index in [-0.39, 0.29) is 17.6 Å². The second-order valence-electron chi connectivity index (χ2n) is 5.45. The molecule has 0 bridgehead atoms. The molecule has 5 nitrogen and oxygen atoms in total. The standard InChI is InChI=1S/C17H20N2O3/c1-12(11-16(21)19-9-3-4-10-19)17(22)18-15-7-5-14(6-8-15)13(2)20/h5-8,11H,3-4,9-10H2,1-2H3,(H,18,22)/b12-11-. The van der Waals surface area contributed by atoms with Crippen molar-refractivity contribution in [2.24, 2.45) is 0 Å². The van der Waals surface area contributed by atoms with E-state index in [2.05, 4.69) is 5.32 Å². The first-order chi connectivity index (χ1) is 10.5. The monoisotopic (exact) mass is 300 g/mol. The highest BCUT2D eigenvalue weighted by atomic mass is 16.2. The molecule has 0 spiro atoms. The average molecular weight is 300 g/mol. The maximum absolute atomic E-state index is 12.1. The first-order valence-corrected chi connectivity index (χ1v) is 7.37. The van der Waals surface area contributed by atoms with Gasteiger partial charge >= 0.3 is 0 Å². The van der Waals surface area contributed by atoms with Gasteiger partial charge in [-0.05, 0) is 51.0 Å². The molecule has 2 amide bonds. The van der Waals surface area contributed by atoms with Gasteiger partial charge in [0.2, 0.25) is 5.91 Å². The molecule has 5 heteroatoms. The predicted octanol–water partition coefficient (Wildman–Crippen LogP) is 2.40. The zero-order valence-electron chi connectivity index (χ0n) is 12.9. The van der Waals surface area contributed by atoms with E-state index in [0.29, 0.717) is 16.8 Å². The van der Waals surface area contributed by atoms with Crippen molar-refractivity contribution in [3.8, 4) is 0 Å². The third-order valence-electron chi connectivity index (χ3n) is 3.67. The van der Waals surface area contributed by atoms with E-state index < -0.39 is 0 Å². The van der Waals surface area contributed by atoms with Crippen LogP contribution in [0.25, 0.3) is 0 Å². The molecule has 1 heterocycles. The fraction of sp³-hybridized carbons (Fsp3) is 0.353. The summed E-state index contributed by atoms with van der Waals surface area (Å²) in [5, 5.41) is 2.71. The molecule has 0 unspecified atom stereocenters. The van der Waals surface area contributed by atoms with Gasteiger partial charge in [-0.1, -0.05) is 0 Å². The van der Waals surface area contributed by atoms with Crippen molar-refractivity contribution >= 4 is 23.3 Å². The molecule has 2 rings (SSSR count). The Bertz CT molecular complexity index is 611. The molecule has 0 atom stereocenters. The number of hydrogen-bond donors (Lipinski definition) is 1. The normalized spacial score (nSPS) is 14.8. The number of rotatable bonds is 4. The van der Waals surface area contributed by atoms with Crippen molar-refractivity contribution in [2.45, 2.75) is 26.7 Å². The van der Waals surface area contributed by atoms with E-state index in [4.69, 9.17) is 0 Å². The predicted molar refractivity (Wildman–Crippen MR) is 84.6 cm³/mol. The quantitative estimate of drug-likeness (QED) is 0.686. The van der Waals surface area contributed by atoms with Gasteiger partial charge in [0.15, 0.2) is 5.78 Å². The third-order valence-corrected chi connectivity index (χ3v) is 3.67. The summed E-state index contributed by atoms with van der Waals surface area (Å²) < 4.78 is 0. The molecule has 0 radical (unpaired) electrons. The highest BCUT2D eigenvalue weighted by molar-refractivity contribution is 6.07. The van der Waals surface area contributed by atoms with E-state index in [1.54, 1.807) is 36.1 Å². The Kier molecular flexibility index (Phi) is 5.09. The summed E-state index contributed by atoms with van der Waals surface area (Å²) in [6.45, 7) is 4.63. The van der Waals surface area contributed by atoms with E-state index in [0.717, 1.165) is 25.9 Å². The van der Waals surface area contributed by atoms with Crippen LogP contribution in [0, 0.1) is 0 Å². The van der Waals surface area contributed by atoms with E-state index in [1.165, 1.54) is 13.0 Å². The van der Waals surface area contributed by atoms with Crippen molar-refractivity contribution in [1.29, 1.82) is 0 Å². The molecule has 1 N–H and O–H groups in total. The van der Waals surface area contributed by atoms with Gasteiger partial charge in [0.05, 0.1) is 0 Å².